The van der Waals surface area contributed by atoms with Crippen molar-refractivity contribution in [2.24, 2.45) is 23.2 Å². The van der Waals surface area contributed by atoms with Crippen molar-refractivity contribution in [3.63, 3.8) is 0 Å². The van der Waals surface area contributed by atoms with E-state index in [2.05, 4.69) is 61.2 Å². The molecule has 2 aromatic carbocycles. The summed E-state index contributed by atoms with van der Waals surface area (Å²) in [7, 11) is 1.48. The average molecular weight is 677 g/mol. The van der Waals surface area contributed by atoms with Crippen LogP contribution in [0.15, 0.2) is 41.2 Å². The van der Waals surface area contributed by atoms with E-state index in [1.807, 2.05) is 12.1 Å². The van der Waals surface area contributed by atoms with Crippen LogP contribution in [-0.4, -0.2) is 78.9 Å². The molecule has 2 bridgehead atoms. The molecule has 11 heteroatoms. The molecule has 49 heavy (non-hydrogen) atoms. The number of halogens is 2. The molecule has 3 saturated carbocycles. The second-order valence-corrected chi connectivity index (χ2v) is 15.0. The third-order valence-corrected chi connectivity index (χ3v) is 12.5. The summed E-state index contributed by atoms with van der Waals surface area (Å²) in [5, 5.41) is 18.0. The van der Waals surface area contributed by atoms with Gasteiger partial charge in [-0.3, -0.25) is 13.8 Å². The first-order chi connectivity index (χ1) is 23.5. The standard InChI is InChI=1S/C38H52F2N7O2/c1-7-45(37(47(8-2)16-14-42-27(21-39)23-47)44-33-18-26-17-31(24(33)3)38(26,4)5)28-10-12-30-34(19-28)43-35(22-41)46(36(30)48)15-13-25-9-11-29(49-6)20-32(25)40/h9-12,19-20,24,26-27,31,33,37,42,44H,7-8,13-18,21,23H2,1-6H3/q+1/t24-,26+,27-,31+,33?,37?,47?/m0/s1. The van der Waals surface area contributed by atoms with Gasteiger partial charge in [-0.05, 0) is 86.1 Å². The normalized spacial score (nSPS) is 28.0. The molecule has 2 N–H and O–H groups in total. The van der Waals surface area contributed by atoms with Crippen molar-refractivity contribution in [1.82, 2.24) is 20.2 Å². The van der Waals surface area contributed by atoms with E-state index in [0.717, 1.165) is 31.7 Å². The molecule has 3 aliphatic carbocycles. The molecule has 7 rings (SSSR count). The Bertz CT molecular complexity index is 1770. The zero-order valence-electron chi connectivity index (χ0n) is 29.8. The molecule has 2 heterocycles. The van der Waals surface area contributed by atoms with Gasteiger partial charge in [0, 0.05) is 37.4 Å². The zero-order chi connectivity index (χ0) is 35.1. The second kappa shape index (κ2) is 14.0. The van der Waals surface area contributed by atoms with Crippen molar-refractivity contribution >= 4 is 16.6 Å². The van der Waals surface area contributed by atoms with Gasteiger partial charge in [-0.2, -0.15) is 5.26 Å². The molecule has 0 amide bonds. The number of likely N-dealkylation sites (N-methyl/N-ethyl adjacent to an activating group) is 1. The number of fused-ring (bicyclic) bond motifs is 3. The van der Waals surface area contributed by atoms with Crippen LogP contribution in [0.3, 0.4) is 0 Å². The fraction of sp³-hybridized carbons (Fsp3) is 0.605. The summed E-state index contributed by atoms with van der Waals surface area (Å²) < 4.78 is 36.0. The van der Waals surface area contributed by atoms with Crippen LogP contribution in [-0.2, 0) is 13.0 Å². The first-order valence-corrected chi connectivity index (χ1v) is 17.9. The Balaban J connectivity index is 1.35. The Hall–Kier alpha value is -3.59. The molecule has 7 atom stereocenters. The number of rotatable bonds is 12. The summed E-state index contributed by atoms with van der Waals surface area (Å²) >= 11 is 0. The summed E-state index contributed by atoms with van der Waals surface area (Å²) in [5.74, 6) is 1.86. The van der Waals surface area contributed by atoms with Gasteiger partial charge in [-0.15, -0.1) is 0 Å². The van der Waals surface area contributed by atoms with Gasteiger partial charge in [-0.1, -0.05) is 26.8 Å². The molecule has 3 unspecified atom stereocenters. The highest BCUT2D eigenvalue weighted by molar-refractivity contribution is 5.82. The lowest BCUT2D eigenvalue weighted by Gasteiger charge is -2.63. The maximum Gasteiger partial charge on any atom is 0.262 e. The van der Waals surface area contributed by atoms with Crippen molar-refractivity contribution in [2.45, 2.75) is 78.8 Å². The maximum atomic E-state index is 14.7. The van der Waals surface area contributed by atoms with Crippen LogP contribution >= 0.6 is 0 Å². The van der Waals surface area contributed by atoms with Gasteiger partial charge in [0.05, 0.1) is 43.7 Å². The second-order valence-electron chi connectivity index (χ2n) is 15.0. The lowest BCUT2D eigenvalue weighted by atomic mass is 9.45. The molecule has 264 valence electrons. The highest BCUT2D eigenvalue weighted by Gasteiger charge is 2.57. The third kappa shape index (κ3) is 6.32. The summed E-state index contributed by atoms with van der Waals surface area (Å²) in [6, 6.07) is 12.5. The van der Waals surface area contributed by atoms with Crippen LogP contribution in [0.1, 0.15) is 58.8 Å². The number of hydrogen-bond donors (Lipinski definition) is 2. The van der Waals surface area contributed by atoms with Gasteiger partial charge in [-0.25, -0.2) is 19.1 Å². The summed E-state index contributed by atoms with van der Waals surface area (Å²) in [6.45, 7) is 15.1. The Morgan fingerprint density at radius 1 is 1.24 bits per heavy atom. The van der Waals surface area contributed by atoms with Crippen LogP contribution in [0.2, 0.25) is 0 Å². The van der Waals surface area contributed by atoms with Crippen molar-refractivity contribution in [2.75, 3.05) is 51.4 Å². The van der Waals surface area contributed by atoms with E-state index in [1.165, 1.54) is 24.2 Å². The Morgan fingerprint density at radius 3 is 2.67 bits per heavy atom. The first kappa shape index (κ1) is 35.2. The maximum absolute atomic E-state index is 14.7. The Morgan fingerprint density at radius 2 is 2.04 bits per heavy atom. The largest absolute Gasteiger partial charge is 0.497 e. The van der Waals surface area contributed by atoms with E-state index in [4.69, 9.17) is 4.74 Å². The third-order valence-electron chi connectivity index (χ3n) is 12.5. The van der Waals surface area contributed by atoms with Crippen LogP contribution in [0.25, 0.3) is 10.9 Å². The molecule has 4 aliphatic rings. The van der Waals surface area contributed by atoms with Gasteiger partial charge < -0.3 is 15.0 Å². The number of piperazine rings is 1. The number of aryl methyl sites for hydroxylation is 1. The van der Waals surface area contributed by atoms with Gasteiger partial charge >= 0.3 is 0 Å². The predicted octanol–water partition coefficient (Wildman–Crippen LogP) is 5.21. The molecule has 1 aliphatic heterocycles. The number of anilines is 1. The lowest BCUT2D eigenvalue weighted by Crippen LogP contribution is -2.76. The SMILES string of the molecule is CCN(c1ccc2c(=O)n(CCc3ccc(OC)cc3F)c(C#N)nc2c1)C(NC1C[C@H]2C[C@H]([C@@H]1C)C2(C)C)[N+]1(CC)CCN[C@@H](CF)C1. The summed E-state index contributed by atoms with van der Waals surface area (Å²) in [6.07, 6.45) is 2.52. The van der Waals surface area contributed by atoms with E-state index in [9.17, 15) is 18.8 Å². The number of aromatic nitrogens is 2. The minimum Gasteiger partial charge on any atom is -0.497 e. The quantitative estimate of drug-likeness (QED) is 0.201. The molecule has 1 saturated heterocycles. The molecule has 9 nitrogen and oxygen atoms in total. The predicted molar refractivity (Wildman–Crippen MR) is 189 cm³/mol. The van der Waals surface area contributed by atoms with Crippen molar-refractivity contribution < 1.29 is 18.0 Å². The minimum absolute atomic E-state index is 0.0101. The number of nitrogens with one attached hydrogen (secondary N) is 2. The van der Waals surface area contributed by atoms with E-state index in [-0.39, 0.29) is 36.7 Å². The van der Waals surface area contributed by atoms with Gasteiger partial charge in [0.25, 0.3) is 5.56 Å². The van der Waals surface area contributed by atoms with E-state index >= 15 is 0 Å². The van der Waals surface area contributed by atoms with Crippen LogP contribution in [0, 0.1) is 40.3 Å². The number of benzene rings is 2. The van der Waals surface area contributed by atoms with Crippen molar-refractivity contribution in [3.8, 4) is 11.8 Å². The Labute approximate surface area is 288 Å². The van der Waals surface area contributed by atoms with Gasteiger partial charge in [0.15, 0.2) is 0 Å². The topological polar surface area (TPSA) is 95.2 Å². The van der Waals surface area contributed by atoms with Crippen molar-refractivity contribution in [1.29, 1.82) is 5.26 Å². The number of hydrogen-bond acceptors (Lipinski definition) is 7. The zero-order valence-corrected chi connectivity index (χ0v) is 29.8. The number of methoxy groups -OCH3 is 1. The number of alkyl halides is 1. The lowest BCUT2D eigenvalue weighted by molar-refractivity contribution is -0.956. The smallest absolute Gasteiger partial charge is 0.262 e. The van der Waals surface area contributed by atoms with Crippen LogP contribution < -0.4 is 25.8 Å². The molecular formula is C38H52F2N7O2+. The fourth-order valence-corrected chi connectivity index (χ4v) is 9.24. The Kier molecular flexibility index (Phi) is 10.0. The van der Waals surface area contributed by atoms with Crippen molar-refractivity contribution in [3.05, 3.63) is 64.0 Å². The monoisotopic (exact) mass is 676 g/mol. The van der Waals surface area contributed by atoms with Gasteiger partial charge in [0.2, 0.25) is 12.1 Å². The molecular weight excluding hydrogens is 624 g/mol. The fourth-order valence-electron chi connectivity index (χ4n) is 9.24. The summed E-state index contributed by atoms with van der Waals surface area (Å²) in [5.41, 5.74) is 1.80. The number of ether oxygens (including phenoxy) is 1. The molecule has 3 aromatic rings. The van der Waals surface area contributed by atoms with E-state index in [0.29, 0.717) is 69.0 Å². The number of quaternary nitrogens is 1. The average Bonchev–Trinajstić information content (AvgIpc) is 3.11. The van der Waals surface area contributed by atoms with E-state index in [1.54, 1.807) is 18.2 Å². The van der Waals surface area contributed by atoms with Gasteiger partial charge in [0.1, 0.15) is 24.3 Å². The molecule has 1 aromatic heterocycles. The van der Waals surface area contributed by atoms with Crippen LogP contribution in [0.4, 0.5) is 14.5 Å². The number of nitrogens with zero attached hydrogens (tertiary/aromatic N) is 5. The highest BCUT2D eigenvalue weighted by Crippen LogP contribution is 2.61. The van der Waals surface area contributed by atoms with Crippen LogP contribution in [0.5, 0.6) is 5.75 Å². The molecule has 0 radical (unpaired) electrons. The highest BCUT2D eigenvalue weighted by atomic mass is 19.1. The minimum atomic E-state index is -0.426. The van der Waals surface area contributed by atoms with E-state index < -0.39 is 12.5 Å². The molecule has 4 fully saturated rings. The first-order valence-electron chi connectivity index (χ1n) is 17.9. The number of nitriles is 1. The molecule has 0 spiro atoms. The summed E-state index contributed by atoms with van der Waals surface area (Å²) in [4.78, 5) is 20.8.